The fourth-order valence-corrected chi connectivity index (χ4v) is 2.97. The lowest BCUT2D eigenvalue weighted by Crippen LogP contribution is -2.09. The van der Waals surface area contributed by atoms with Gasteiger partial charge in [0, 0.05) is 11.6 Å². The van der Waals surface area contributed by atoms with E-state index in [9.17, 15) is 4.79 Å². The zero-order valence-corrected chi connectivity index (χ0v) is 16.0. The fourth-order valence-electron chi connectivity index (χ4n) is 2.73. The van der Waals surface area contributed by atoms with Crippen molar-refractivity contribution in [3.63, 3.8) is 0 Å². The van der Waals surface area contributed by atoms with Crippen LogP contribution in [0.5, 0.6) is 11.5 Å². The van der Waals surface area contributed by atoms with E-state index in [1.807, 2.05) is 24.3 Å². The van der Waals surface area contributed by atoms with Gasteiger partial charge in [-0.05, 0) is 31.2 Å². The molecular weight excluding hydrogens is 368 g/mol. The van der Waals surface area contributed by atoms with Crippen LogP contribution in [-0.4, -0.2) is 31.8 Å². The first-order valence-electron chi connectivity index (χ1n) is 8.32. The predicted molar refractivity (Wildman–Crippen MR) is 106 cm³/mol. The monoisotopic (exact) mass is 386 g/mol. The number of fused-ring (bicyclic) bond motifs is 1. The Morgan fingerprint density at radius 1 is 1.15 bits per heavy atom. The first-order valence-corrected chi connectivity index (χ1v) is 8.70. The van der Waals surface area contributed by atoms with Gasteiger partial charge in [0.05, 0.1) is 42.7 Å². The van der Waals surface area contributed by atoms with Gasteiger partial charge in [-0.2, -0.15) is 0 Å². The van der Waals surface area contributed by atoms with Gasteiger partial charge in [0.25, 0.3) is 0 Å². The predicted octanol–water partition coefficient (Wildman–Crippen LogP) is 4.83. The van der Waals surface area contributed by atoms with Crippen molar-refractivity contribution in [2.75, 3.05) is 26.1 Å². The second-order valence-electron chi connectivity index (χ2n) is 5.60. The molecule has 0 aliphatic heterocycles. The van der Waals surface area contributed by atoms with Crippen molar-refractivity contribution in [1.82, 2.24) is 4.98 Å². The normalized spacial score (nSPS) is 10.5. The van der Waals surface area contributed by atoms with Crippen LogP contribution in [0.1, 0.15) is 17.3 Å². The van der Waals surface area contributed by atoms with E-state index < -0.39 is 5.97 Å². The first kappa shape index (κ1) is 18.8. The minimum Gasteiger partial charge on any atom is -0.495 e. The molecule has 0 saturated heterocycles. The Balaban J connectivity index is 2.24. The standard InChI is InChI=1S/C20H19ClN2O4/c1-4-27-20(24)13-11-22-16-10-14(21)18(26-3)9-12(16)19(13)23-15-7-5-6-8-17(15)25-2/h5-11H,4H2,1-3H3,(H,22,23). The summed E-state index contributed by atoms with van der Waals surface area (Å²) in [6, 6.07) is 10.9. The molecule has 0 saturated carbocycles. The summed E-state index contributed by atoms with van der Waals surface area (Å²) in [7, 11) is 3.11. The number of carbonyl (C=O) groups is 1. The Kier molecular flexibility index (Phi) is 5.66. The highest BCUT2D eigenvalue weighted by Gasteiger charge is 2.19. The molecule has 3 aromatic rings. The van der Waals surface area contributed by atoms with Crippen molar-refractivity contribution in [3.05, 3.63) is 53.2 Å². The van der Waals surface area contributed by atoms with Gasteiger partial charge < -0.3 is 19.5 Å². The highest BCUT2D eigenvalue weighted by molar-refractivity contribution is 6.33. The lowest BCUT2D eigenvalue weighted by Gasteiger charge is -2.17. The SMILES string of the molecule is CCOC(=O)c1cnc2cc(Cl)c(OC)cc2c1Nc1ccccc1OC. The van der Waals surface area contributed by atoms with Gasteiger partial charge in [-0.15, -0.1) is 0 Å². The number of para-hydroxylation sites is 2. The summed E-state index contributed by atoms with van der Waals surface area (Å²) in [4.78, 5) is 16.8. The Labute approximate surface area is 162 Å². The number of anilines is 2. The lowest BCUT2D eigenvalue weighted by molar-refractivity contribution is 0.0527. The van der Waals surface area contributed by atoms with Crippen LogP contribution in [0.4, 0.5) is 11.4 Å². The summed E-state index contributed by atoms with van der Waals surface area (Å²) < 4.78 is 15.9. The van der Waals surface area contributed by atoms with E-state index >= 15 is 0 Å². The Hall–Kier alpha value is -2.99. The number of carbonyl (C=O) groups excluding carboxylic acids is 1. The highest BCUT2D eigenvalue weighted by Crippen LogP contribution is 2.37. The molecule has 7 heteroatoms. The van der Waals surface area contributed by atoms with E-state index in [0.29, 0.717) is 44.4 Å². The maximum Gasteiger partial charge on any atom is 0.341 e. The number of methoxy groups -OCH3 is 2. The number of pyridine rings is 1. The molecule has 0 bridgehead atoms. The van der Waals surface area contributed by atoms with Crippen molar-refractivity contribution in [1.29, 1.82) is 0 Å². The van der Waals surface area contributed by atoms with Crippen molar-refractivity contribution in [2.24, 2.45) is 0 Å². The van der Waals surface area contributed by atoms with Gasteiger partial charge in [-0.25, -0.2) is 4.79 Å². The average Bonchev–Trinajstić information content (AvgIpc) is 2.68. The van der Waals surface area contributed by atoms with Crippen LogP contribution in [0.25, 0.3) is 10.9 Å². The molecular formula is C20H19ClN2O4. The fraction of sp³-hybridized carbons (Fsp3) is 0.200. The van der Waals surface area contributed by atoms with Crippen molar-refractivity contribution in [2.45, 2.75) is 6.92 Å². The molecule has 0 aliphatic carbocycles. The number of ether oxygens (including phenoxy) is 3. The molecule has 27 heavy (non-hydrogen) atoms. The van der Waals surface area contributed by atoms with Crippen LogP contribution < -0.4 is 14.8 Å². The zero-order chi connectivity index (χ0) is 19.4. The highest BCUT2D eigenvalue weighted by atomic mass is 35.5. The minimum atomic E-state index is -0.474. The van der Waals surface area contributed by atoms with Gasteiger partial charge >= 0.3 is 5.97 Å². The molecule has 0 radical (unpaired) electrons. The van der Waals surface area contributed by atoms with Gasteiger partial charge in [0.1, 0.15) is 17.1 Å². The maximum atomic E-state index is 12.5. The summed E-state index contributed by atoms with van der Waals surface area (Å²) in [5.41, 5.74) is 2.16. The zero-order valence-electron chi connectivity index (χ0n) is 15.2. The summed E-state index contributed by atoms with van der Waals surface area (Å²) in [6.45, 7) is 2.01. The molecule has 0 spiro atoms. The topological polar surface area (TPSA) is 69.7 Å². The molecule has 1 heterocycles. The van der Waals surface area contributed by atoms with E-state index in [2.05, 4.69) is 10.3 Å². The van der Waals surface area contributed by atoms with E-state index in [1.54, 1.807) is 26.2 Å². The third-order valence-electron chi connectivity index (χ3n) is 4.00. The average molecular weight is 387 g/mol. The molecule has 140 valence electrons. The second kappa shape index (κ2) is 8.14. The summed E-state index contributed by atoms with van der Waals surface area (Å²) in [5.74, 6) is 0.645. The molecule has 1 aromatic heterocycles. The van der Waals surface area contributed by atoms with Gasteiger partial charge in [-0.1, -0.05) is 23.7 Å². The van der Waals surface area contributed by atoms with E-state index in [4.69, 9.17) is 25.8 Å². The molecule has 2 aromatic carbocycles. The summed E-state index contributed by atoms with van der Waals surface area (Å²) in [5, 5.41) is 4.39. The maximum absolute atomic E-state index is 12.5. The number of hydrogen-bond donors (Lipinski definition) is 1. The first-order chi connectivity index (χ1) is 13.1. The Morgan fingerprint density at radius 3 is 2.59 bits per heavy atom. The van der Waals surface area contributed by atoms with Crippen LogP contribution in [0.3, 0.4) is 0 Å². The van der Waals surface area contributed by atoms with Crippen LogP contribution in [0.15, 0.2) is 42.6 Å². The number of hydrogen-bond acceptors (Lipinski definition) is 6. The molecule has 6 nitrogen and oxygen atoms in total. The number of benzene rings is 2. The molecule has 1 N–H and O–H groups in total. The van der Waals surface area contributed by atoms with Crippen molar-refractivity contribution < 1.29 is 19.0 Å². The number of halogens is 1. The quantitative estimate of drug-likeness (QED) is 0.612. The molecule has 0 unspecified atom stereocenters. The number of aromatic nitrogens is 1. The van der Waals surface area contributed by atoms with Crippen molar-refractivity contribution in [3.8, 4) is 11.5 Å². The van der Waals surface area contributed by atoms with Crippen LogP contribution in [0.2, 0.25) is 5.02 Å². The van der Waals surface area contributed by atoms with Gasteiger partial charge in [0.2, 0.25) is 0 Å². The summed E-state index contributed by atoms with van der Waals surface area (Å²) >= 11 is 6.22. The molecule has 0 atom stereocenters. The van der Waals surface area contributed by atoms with Crippen LogP contribution >= 0.6 is 11.6 Å². The molecule has 0 aliphatic rings. The van der Waals surface area contributed by atoms with E-state index in [1.165, 1.54) is 13.3 Å². The van der Waals surface area contributed by atoms with Crippen molar-refractivity contribution >= 4 is 39.8 Å². The third-order valence-corrected chi connectivity index (χ3v) is 4.30. The number of nitrogens with one attached hydrogen (secondary N) is 1. The number of esters is 1. The van der Waals surface area contributed by atoms with Crippen LogP contribution in [-0.2, 0) is 4.74 Å². The number of nitrogens with zero attached hydrogens (tertiary/aromatic N) is 1. The summed E-state index contributed by atoms with van der Waals surface area (Å²) in [6.07, 6.45) is 1.47. The Morgan fingerprint density at radius 2 is 1.89 bits per heavy atom. The molecule has 0 fully saturated rings. The lowest BCUT2D eigenvalue weighted by atomic mass is 10.1. The smallest absolute Gasteiger partial charge is 0.341 e. The second-order valence-corrected chi connectivity index (χ2v) is 6.00. The van der Waals surface area contributed by atoms with E-state index in [0.717, 1.165) is 0 Å². The van der Waals surface area contributed by atoms with Gasteiger partial charge in [-0.3, -0.25) is 4.98 Å². The third kappa shape index (κ3) is 3.75. The van der Waals surface area contributed by atoms with Gasteiger partial charge in [0.15, 0.2) is 0 Å². The van der Waals surface area contributed by atoms with Crippen LogP contribution in [0, 0.1) is 0 Å². The minimum absolute atomic E-state index is 0.259. The number of rotatable bonds is 6. The Bertz CT molecular complexity index is 991. The van der Waals surface area contributed by atoms with E-state index in [-0.39, 0.29) is 6.61 Å². The largest absolute Gasteiger partial charge is 0.495 e. The molecule has 0 amide bonds. The molecule has 3 rings (SSSR count).